The van der Waals surface area contributed by atoms with Crippen LogP contribution < -0.4 is 16.6 Å². The van der Waals surface area contributed by atoms with E-state index >= 15 is 0 Å². The summed E-state index contributed by atoms with van der Waals surface area (Å²) in [5.74, 6) is 0.278. The molecule has 3 N–H and O–H groups in total. The van der Waals surface area contributed by atoms with Gasteiger partial charge in [-0.05, 0) is 42.1 Å². The number of nitrogen functional groups attached to an aromatic ring is 1. The van der Waals surface area contributed by atoms with E-state index in [9.17, 15) is 13.2 Å². The number of para-hydroxylation sites is 1. The zero-order valence-corrected chi connectivity index (χ0v) is 21.8. The Hall–Kier alpha value is -5.08. The van der Waals surface area contributed by atoms with Crippen LogP contribution in [0.2, 0.25) is 0 Å². The molecule has 0 aliphatic rings. The molecule has 0 fully saturated rings. The second-order valence-corrected chi connectivity index (χ2v) is 11.0. The molecule has 1 atom stereocenters. The number of fused-ring (bicyclic) bond motifs is 1. The lowest BCUT2D eigenvalue weighted by atomic mass is 9.99. The van der Waals surface area contributed by atoms with Gasteiger partial charge < -0.3 is 11.1 Å². The number of hydrogen-bond acceptors (Lipinski definition) is 8. The third kappa shape index (κ3) is 4.93. The maximum Gasteiger partial charge on any atom is 0.263 e. The summed E-state index contributed by atoms with van der Waals surface area (Å²) in [6.45, 7) is 9.30. The zero-order chi connectivity index (χ0) is 27.7. The van der Waals surface area contributed by atoms with Gasteiger partial charge in [-0.25, -0.2) is 23.2 Å². The minimum Gasteiger partial charge on any atom is -0.371 e. The molecule has 11 heteroatoms. The fraction of sp³-hybridized carbons (Fsp3) is 0.107. The van der Waals surface area contributed by atoms with Gasteiger partial charge in [-0.15, -0.1) is 0 Å². The number of hydrogen-bond donors (Lipinski definition) is 2. The third-order valence-electron chi connectivity index (χ3n) is 6.25. The van der Waals surface area contributed by atoms with Crippen molar-refractivity contribution in [1.82, 2.24) is 19.5 Å². The Labute approximate surface area is 224 Å². The summed E-state index contributed by atoms with van der Waals surface area (Å²) in [7, 11) is -3.50. The Balaban J connectivity index is 1.76. The molecule has 0 aliphatic carbocycles. The summed E-state index contributed by atoms with van der Waals surface area (Å²) in [5, 5.41) is 4.28. The number of rotatable bonds is 6. The van der Waals surface area contributed by atoms with E-state index in [1.807, 2.05) is 49.4 Å². The fourth-order valence-corrected chi connectivity index (χ4v) is 5.00. The summed E-state index contributed by atoms with van der Waals surface area (Å²) < 4.78 is 25.9. The van der Waals surface area contributed by atoms with Gasteiger partial charge in [0.25, 0.3) is 5.56 Å². The van der Waals surface area contributed by atoms with E-state index in [-0.39, 0.29) is 27.9 Å². The summed E-state index contributed by atoms with van der Waals surface area (Å²) in [4.78, 5) is 30.0. The van der Waals surface area contributed by atoms with Crippen LogP contribution in [0.5, 0.6) is 0 Å². The van der Waals surface area contributed by atoms with Crippen LogP contribution >= 0.6 is 0 Å². The van der Waals surface area contributed by atoms with Gasteiger partial charge in [0.2, 0.25) is 11.6 Å². The number of aromatic nitrogens is 4. The van der Waals surface area contributed by atoms with Crippen LogP contribution in [0.1, 0.15) is 18.7 Å². The third-order valence-corrected chi connectivity index (χ3v) is 7.33. The molecule has 3 aromatic heterocycles. The van der Waals surface area contributed by atoms with Crippen molar-refractivity contribution in [3.05, 3.63) is 107 Å². The normalized spacial score (nSPS) is 12.1. The van der Waals surface area contributed by atoms with Crippen LogP contribution in [0, 0.1) is 6.57 Å². The van der Waals surface area contributed by atoms with Crippen molar-refractivity contribution in [2.45, 2.75) is 17.9 Å². The lowest BCUT2D eigenvalue weighted by Crippen LogP contribution is -2.26. The number of nitrogens with one attached hydrogen (secondary N) is 1. The highest BCUT2D eigenvalue weighted by molar-refractivity contribution is 7.90. The molecule has 0 saturated heterocycles. The molecular weight excluding hydrogens is 514 g/mol. The highest BCUT2D eigenvalue weighted by Crippen LogP contribution is 2.32. The molecule has 10 nitrogen and oxygen atoms in total. The van der Waals surface area contributed by atoms with E-state index in [1.54, 1.807) is 22.9 Å². The van der Waals surface area contributed by atoms with Crippen LogP contribution in [0.15, 0.2) is 88.9 Å². The topological polar surface area (TPSA) is 137 Å². The molecule has 0 bridgehead atoms. The van der Waals surface area contributed by atoms with Crippen molar-refractivity contribution in [3.8, 4) is 16.8 Å². The number of benzene rings is 2. The summed E-state index contributed by atoms with van der Waals surface area (Å²) in [5.41, 5.74) is 7.99. The molecule has 0 unspecified atom stereocenters. The average Bonchev–Trinajstić information content (AvgIpc) is 2.93. The average molecular weight is 538 g/mol. The first kappa shape index (κ1) is 25.6. The SMILES string of the molecule is [C-]#[N+]c1cnc(N)nc1N[C@@H](C)c1cc2cccc(-c3cncc(S(C)(=O)=O)c3)c2c(=O)n1-c1ccccc1. The van der Waals surface area contributed by atoms with Crippen molar-refractivity contribution in [2.24, 2.45) is 0 Å². The van der Waals surface area contributed by atoms with E-state index in [4.69, 9.17) is 12.3 Å². The summed E-state index contributed by atoms with van der Waals surface area (Å²) in [6.07, 6.45) is 5.29. The van der Waals surface area contributed by atoms with Crippen molar-refractivity contribution >= 4 is 38.1 Å². The minimum absolute atomic E-state index is 0.0191. The van der Waals surface area contributed by atoms with E-state index in [0.717, 1.165) is 6.26 Å². The molecule has 5 rings (SSSR count). The van der Waals surface area contributed by atoms with Crippen LogP contribution in [-0.4, -0.2) is 34.2 Å². The van der Waals surface area contributed by atoms with E-state index in [2.05, 4.69) is 25.1 Å². The molecule has 0 spiro atoms. The Bertz CT molecular complexity index is 1930. The molecule has 0 aliphatic heterocycles. The Kier molecular flexibility index (Phi) is 6.55. The van der Waals surface area contributed by atoms with Gasteiger partial charge in [-0.1, -0.05) is 36.4 Å². The first-order valence-electron chi connectivity index (χ1n) is 11.8. The van der Waals surface area contributed by atoms with Crippen molar-refractivity contribution in [2.75, 3.05) is 17.3 Å². The predicted octanol–water partition coefficient (Wildman–Crippen LogP) is 4.55. The molecule has 5 aromatic rings. The van der Waals surface area contributed by atoms with Crippen molar-refractivity contribution < 1.29 is 8.42 Å². The number of pyridine rings is 2. The van der Waals surface area contributed by atoms with Gasteiger partial charge in [0.1, 0.15) is 5.82 Å². The van der Waals surface area contributed by atoms with Gasteiger partial charge in [0.15, 0.2) is 9.84 Å². The van der Waals surface area contributed by atoms with Gasteiger partial charge in [0.05, 0.1) is 22.9 Å². The molecule has 3 heterocycles. The van der Waals surface area contributed by atoms with Crippen LogP contribution in [0.25, 0.3) is 32.4 Å². The van der Waals surface area contributed by atoms with E-state index < -0.39 is 15.9 Å². The molecule has 39 heavy (non-hydrogen) atoms. The quantitative estimate of drug-likeness (QED) is 0.301. The smallest absolute Gasteiger partial charge is 0.263 e. The highest BCUT2D eigenvalue weighted by atomic mass is 32.2. The van der Waals surface area contributed by atoms with Crippen molar-refractivity contribution in [1.29, 1.82) is 0 Å². The van der Waals surface area contributed by atoms with Gasteiger partial charge in [-0.3, -0.25) is 14.3 Å². The second kappa shape index (κ2) is 10.00. The van der Waals surface area contributed by atoms with Crippen LogP contribution in [0.3, 0.4) is 0 Å². The Morgan fingerprint density at radius 3 is 2.54 bits per heavy atom. The maximum absolute atomic E-state index is 14.3. The number of nitrogens with zero attached hydrogens (tertiary/aromatic N) is 5. The number of anilines is 2. The Morgan fingerprint density at radius 2 is 1.82 bits per heavy atom. The van der Waals surface area contributed by atoms with Crippen LogP contribution in [-0.2, 0) is 9.84 Å². The molecule has 194 valence electrons. The molecule has 0 amide bonds. The lowest BCUT2D eigenvalue weighted by molar-refractivity contribution is 0.601. The minimum atomic E-state index is -3.50. The highest BCUT2D eigenvalue weighted by Gasteiger charge is 2.21. The Morgan fingerprint density at radius 1 is 1.05 bits per heavy atom. The predicted molar refractivity (Wildman–Crippen MR) is 151 cm³/mol. The number of nitrogens with two attached hydrogens (primary N) is 1. The fourth-order valence-electron chi connectivity index (χ4n) is 4.41. The second-order valence-electron chi connectivity index (χ2n) is 8.94. The number of sulfone groups is 1. The van der Waals surface area contributed by atoms with Gasteiger partial charge in [-0.2, -0.15) is 0 Å². The lowest BCUT2D eigenvalue weighted by Gasteiger charge is -2.22. The van der Waals surface area contributed by atoms with Gasteiger partial charge >= 0.3 is 0 Å². The van der Waals surface area contributed by atoms with E-state index in [1.165, 1.54) is 18.5 Å². The molecular formula is C28H23N7O3S. The zero-order valence-electron chi connectivity index (χ0n) is 21.0. The molecule has 2 aromatic carbocycles. The largest absolute Gasteiger partial charge is 0.371 e. The summed E-state index contributed by atoms with van der Waals surface area (Å²) >= 11 is 0. The first-order chi connectivity index (χ1) is 18.7. The van der Waals surface area contributed by atoms with Gasteiger partial charge in [0, 0.05) is 41.8 Å². The maximum atomic E-state index is 14.3. The first-order valence-corrected chi connectivity index (χ1v) is 13.7. The van der Waals surface area contributed by atoms with Crippen LogP contribution in [0.4, 0.5) is 17.5 Å². The standard InChI is InChI=1S/C28H23N7O3S/c1-17(33-26-23(30-2)16-32-28(29)34-26)24-13-18-8-7-11-22(19-12-21(15-31-14-19)39(3,37)38)25(18)27(36)35(24)20-9-5-4-6-10-20/h4-17H,1,3H3,(H3,29,32,33,34)/t17-/m0/s1. The van der Waals surface area contributed by atoms with E-state index in [0.29, 0.717) is 33.3 Å². The molecule has 0 radical (unpaired) electrons. The van der Waals surface area contributed by atoms with Crippen molar-refractivity contribution in [3.63, 3.8) is 0 Å². The monoisotopic (exact) mass is 537 g/mol. The summed E-state index contributed by atoms with van der Waals surface area (Å²) in [6, 6.07) is 17.5. The molecule has 0 saturated carbocycles.